The fourth-order valence-electron chi connectivity index (χ4n) is 2.12. The summed E-state index contributed by atoms with van der Waals surface area (Å²) in [6, 6.07) is 5.40. The van der Waals surface area contributed by atoms with Crippen molar-refractivity contribution in [3.63, 3.8) is 0 Å². The second-order valence-corrected chi connectivity index (χ2v) is 5.37. The maximum Gasteiger partial charge on any atom is 0.170 e. The standard InChI is InChI=1S/C15H20N4O/c1-10(2)8-19-15(17-9-18-19)7-14(20)12-5-4-6-13(16)11(12)3/h4-6,9-10H,7-8,16H2,1-3H3. The summed E-state index contributed by atoms with van der Waals surface area (Å²) in [6.07, 6.45) is 1.74. The smallest absolute Gasteiger partial charge is 0.170 e. The van der Waals surface area contributed by atoms with Crippen molar-refractivity contribution in [3.05, 3.63) is 41.5 Å². The Balaban J connectivity index is 2.20. The van der Waals surface area contributed by atoms with Gasteiger partial charge in [0.15, 0.2) is 5.78 Å². The molecule has 0 aliphatic heterocycles. The van der Waals surface area contributed by atoms with Crippen LogP contribution in [-0.2, 0) is 13.0 Å². The van der Waals surface area contributed by atoms with Crippen LogP contribution in [0.4, 0.5) is 5.69 Å². The molecule has 0 unspecified atom stereocenters. The molecular formula is C15H20N4O. The topological polar surface area (TPSA) is 73.8 Å². The van der Waals surface area contributed by atoms with Crippen LogP contribution in [-0.4, -0.2) is 20.5 Å². The molecule has 0 aliphatic carbocycles. The van der Waals surface area contributed by atoms with Crippen molar-refractivity contribution < 1.29 is 4.79 Å². The number of anilines is 1. The predicted molar refractivity (Wildman–Crippen MR) is 78.5 cm³/mol. The summed E-state index contributed by atoms with van der Waals surface area (Å²) in [4.78, 5) is 16.6. The van der Waals surface area contributed by atoms with Crippen LogP contribution in [0.25, 0.3) is 0 Å². The number of rotatable bonds is 5. The third kappa shape index (κ3) is 3.04. The molecule has 0 saturated carbocycles. The van der Waals surface area contributed by atoms with Crippen molar-refractivity contribution in [3.8, 4) is 0 Å². The van der Waals surface area contributed by atoms with E-state index < -0.39 is 0 Å². The molecule has 1 aromatic carbocycles. The van der Waals surface area contributed by atoms with Gasteiger partial charge in [0.2, 0.25) is 0 Å². The van der Waals surface area contributed by atoms with E-state index in [-0.39, 0.29) is 12.2 Å². The van der Waals surface area contributed by atoms with E-state index in [1.54, 1.807) is 22.9 Å². The molecule has 106 valence electrons. The van der Waals surface area contributed by atoms with Gasteiger partial charge in [-0.2, -0.15) is 5.10 Å². The highest BCUT2D eigenvalue weighted by Crippen LogP contribution is 2.17. The van der Waals surface area contributed by atoms with Crippen molar-refractivity contribution in [2.24, 2.45) is 5.92 Å². The van der Waals surface area contributed by atoms with Gasteiger partial charge in [-0.25, -0.2) is 9.67 Å². The Labute approximate surface area is 118 Å². The van der Waals surface area contributed by atoms with Gasteiger partial charge in [0.1, 0.15) is 12.2 Å². The number of carbonyl (C=O) groups is 1. The van der Waals surface area contributed by atoms with Gasteiger partial charge >= 0.3 is 0 Å². The molecule has 0 atom stereocenters. The highest BCUT2D eigenvalue weighted by molar-refractivity contribution is 5.99. The number of ketones is 1. The minimum absolute atomic E-state index is 0.0211. The average molecular weight is 272 g/mol. The number of hydrogen-bond donors (Lipinski definition) is 1. The van der Waals surface area contributed by atoms with Crippen LogP contribution in [0.15, 0.2) is 24.5 Å². The highest BCUT2D eigenvalue weighted by atomic mass is 16.1. The van der Waals surface area contributed by atoms with Crippen molar-refractivity contribution in [1.82, 2.24) is 14.8 Å². The number of benzene rings is 1. The van der Waals surface area contributed by atoms with E-state index in [1.807, 2.05) is 6.92 Å². The SMILES string of the molecule is Cc1c(N)cccc1C(=O)Cc1ncnn1CC(C)C. The molecule has 0 spiro atoms. The van der Waals surface area contributed by atoms with Crippen LogP contribution < -0.4 is 5.73 Å². The molecule has 5 nitrogen and oxygen atoms in total. The third-order valence-electron chi connectivity index (χ3n) is 3.23. The van der Waals surface area contributed by atoms with Crippen LogP contribution >= 0.6 is 0 Å². The summed E-state index contributed by atoms with van der Waals surface area (Å²) in [7, 11) is 0. The van der Waals surface area contributed by atoms with Crippen molar-refractivity contribution in [1.29, 1.82) is 0 Å². The normalized spacial score (nSPS) is 11.0. The first-order valence-electron chi connectivity index (χ1n) is 6.74. The van der Waals surface area contributed by atoms with Crippen molar-refractivity contribution >= 4 is 11.5 Å². The Bertz CT molecular complexity index is 616. The van der Waals surface area contributed by atoms with Crippen molar-refractivity contribution in [2.45, 2.75) is 33.7 Å². The van der Waals surface area contributed by atoms with Crippen LogP contribution in [0.2, 0.25) is 0 Å². The lowest BCUT2D eigenvalue weighted by atomic mass is 10.0. The summed E-state index contributed by atoms with van der Waals surface area (Å²) in [5.74, 6) is 1.18. The van der Waals surface area contributed by atoms with E-state index in [0.717, 1.165) is 12.1 Å². The van der Waals surface area contributed by atoms with E-state index in [9.17, 15) is 4.79 Å². The van der Waals surface area contributed by atoms with Crippen LogP contribution in [0.3, 0.4) is 0 Å². The molecule has 1 heterocycles. The maximum atomic E-state index is 12.4. The summed E-state index contributed by atoms with van der Waals surface area (Å²) in [5, 5.41) is 4.17. The van der Waals surface area contributed by atoms with Crippen LogP contribution in [0.5, 0.6) is 0 Å². The summed E-state index contributed by atoms with van der Waals surface area (Å²) in [5.41, 5.74) is 7.96. The Morgan fingerprint density at radius 3 is 2.85 bits per heavy atom. The molecule has 0 saturated heterocycles. The molecule has 20 heavy (non-hydrogen) atoms. The van der Waals surface area contributed by atoms with Gasteiger partial charge in [0.25, 0.3) is 0 Å². The minimum atomic E-state index is 0.0211. The van der Waals surface area contributed by atoms with Gasteiger partial charge in [0, 0.05) is 17.8 Å². The van der Waals surface area contributed by atoms with Gasteiger partial charge in [0.05, 0.1) is 6.42 Å². The van der Waals surface area contributed by atoms with E-state index >= 15 is 0 Å². The lowest BCUT2D eigenvalue weighted by Gasteiger charge is -2.10. The van der Waals surface area contributed by atoms with Gasteiger partial charge in [-0.1, -0.05) is 26.0 Å². The largest absolute Gasteiger partial charge is 0.398 e. The first-order chi connectivity index (χ1) is 9.49. The lowest BCUT2D eigenvalue weighted by Crippen LogP contribution is -2.15. The van der Waals surface area contributed by atoms with E-state index in [0.29, 0.717) is 23.0 Å². The van der Waals surface area contributed by atoms with Crippen LogP contribution in [0.1, 0.15) is 35.6 Å². The molecule has 0 bridgehead atoms. The van der Waals surface area contributed by atoms with E-state index in [4.69, 9.17) is 5.73 Å². The monoisotopic (exact) mass is 272 g/mol. The van der Waals surface area contributed by atoms with E-state index in [1.165, 1.54) is 6.33 Å². The molecule has 2 aromatic rings. The third-order valence-corrected chi connectivity index (χ3v) is 3.23. The second-order valence-electron chi connectivity index (χ2n) is 5.37. The molecule has 0 radical (unpaired) electrons. The number of nitrogens with two attached hydrogens (primary N) is 1. The molecule has 0 amide bonds. The number of aromatic nitrogens is 3. The molecular weight excluding hydrogens is 252 g/mol. The number of hydrogen-bond acceptors (Lipinski definition) is 4. The summed E-state index contributed by atoms with van der Waals surface area (Å²) < 4.78 is 1.80. The van der Waals surface area contributed by atoms with Gasteiger partial charge < -0.3 is 5.73 Å². The molecule has 0 aliphatic rings. The van der Waals surface area contributed by atoms with Gasteiger partial charge in [-0.05, 0) is 24.5 Å². The molecule has 0 fully saturated rings. The fraction of sp³-hybridized carbons (Fsp3) is 0.400. The molecule has 1 aromatic heterocycles. The molecule has 2 N–H and O–H groups in total. The number of carbonyl (C=O) groups excluding carboxylic acids is 1. The average Bonchev–Trinajstić information content (AvgIpc) is 2.79. The minimum Gasteiger partial charge on any atom is -0.398 e. The predicted octanol–water partition coefficient (Wildman–Crippen LogP) is 2.25. The summed E-state index contributed by atoms with van der Waals surface area (Å²) in [6.45, 7) is 6.84. The molecule has 2 rings (SSSR count). The fourth-order valence-corrected chi connectivity index (χ4v) is 2.12. The Hall–Kier alpha value is -2.17. The zero-order valence-corrected chi connectivity index (χ0v) is 12.1. The number of nitrogen functional groups attached to an aromatic ring is 1. The first-order valence-corrected chi connectivity index (χ1v) is 6.74. The quantitative estimate of drug-likeness (QED) is 0.669. The van der Waals surface area contributed by atoms with Gasteiger partial charge in [-0.15, -0.1) is 0 Å². The molecule has 5 heteroatoms. The number of nitrogens with zero attached hydrogens (tertiary/aromatic N) is 3. The Morgan fingerprint density at radius 2 is 2.15 bits per heavy atom. The first kappa shape index (κ1) is 14.2. The Morgan fingerprint density at radius 1 is 1.40 bits per heavy atom. The summed E-state index contributed by atoms with van der Waals surface area (Å²) >= 11 is 0. The second kappa shape index (κ2) is 5.86. The lowest BCUT2D eigenvalue weighted by molar-refractivity contribution is 0.0988. The van der Waals surface area contributed by atoms with E-state index in [2.05, 4.69) is 23.9 Å². The number of Topliss-reactive ketones (excluding diaryl/α,β-unsaturated/α-hetero) is 1. The van der Waals surface area contributed by atoms with Crippen LogP contribution in [0, 0.1) is 12.8 Å². The zero-order chi connectivity index (χ0) is 14.7. The Kier molecular flexibility index (Phi) is 4.17. The van der Waals surface area contributed by atoms with Gasteiger partial charge in [-0.3, -0.25) is 4.79 Å². The highest BCUT2D eigenvalue weighted by Gasteiger charge is 2.15. The maximum absolute atomic E-state index is 12.4. The zero-order valence-electron chi connectivity index (χ0n) is 12.1. The van der Waals surface area contributed by atoms with Crippen molar-refractivity contribution in [2.75, 3.05) is 5.73 Å².